The van der Waals surface area contributed by atoms with E-state index in [4.69, 9.17) is 4.74 Å². The summed E-state index contributed by atoms with van der Waals surface area (Å²) in [5, 5.41) is 1.50. The molecule has 1 aromatic rings. The summed E-state index contributed by atoms with van der Waals surface area (Å²) >= 11 is 0. The highest BCUT2D eigenvalue weighted by Crippen LogP contribution is 2.29. The molecular formula is C10H9F3N2O. The predicted octanol–water partition coefficient (Wildman–Crippen LogP) is 0.561. The van der Waals surface area contributed by atoms with Crippen LogP contribution in [0.5, 0.6) is 6.01 Å². The van der Waals surface area contributed by atoms with Crippen molar-refractivity contribution >= 4 is 12.2 Å². The molecule has 0 spiro atoms. The molecule has 86 valence electrons. The van der Waals surface area contributed by atoms with E-state index in [1.165, 1.54) is 4.57 Å². The van der Waals surface area contributed by atoms with Crippen LogP contribution in [-0.2, 0) is 6.54 Å². The van der Waals surface area contributed by atoms with Crippen LogP contribution in [0.3, 0.4) is 0 Å². The first-order valence-corrected chi connectivity index (χ1v) is 5.06. The Morgan fingerprint density at radius 2 is 2.06 bits per heavy atom. The zero-order valence-electron chi connectivity index (χ0n) is 8.29. The van der Waals surface area contributed by atoms with E-state index in [2.05, 4.69) is 4.98 Å². The molecule has 0 amide bonds. The van der Waals surface area contributed by atoms with Crippen LogP contribution in [-0.4, -0.2) is 21.8 Å². The maximum Gasteiger partial charge on any atom is 0.427 e. The monoisotopic (exact) mass is 230 g/mol. The lowest BCUT2D eigenvalue weighted by Crippen LogP contribution is -2.38. The average molecular weight is 230 g/mol. The molecule has 1 atom stereocenters. The van der Waals surface area contributed by atoms with E-state index >= 15 is 0 Å². The van der Waals surface area contributed by atoms with Crippen molar-refractivity contribution in [2.24, 2.45) is 0 Å². The third kappa shape index (κ3) is 1.32. The number of halogens is 3. The molecule has 3 rings (SSSR count). The van der Waals surface area contributed by atoms with Crippen LogP contribution in [0.2, 0.25) is 0 Å². The van der Waals surface area contributed by atoms with E-state index in [0.717, 1.165) is 23.5 Å². The van der Waals surface area contributed by atoms with Gasteiger partial charge in [0.25, 0.3) is 6.01 Å². The highest BCUT2D eigenvalue weighted by Gasteiger charge is 2.46. The highest BCUT2D eigenvalue weighted by molar-refractivity contribution is 5.35. The molecule has 0 N–H and O–H groups in total. The summed E-state index contributed by atoms with van der Waals surface area (Å²) in [4.78, 5) is 4.05. The van der Waals surface area contributed by atoms with Gasteiger partial charge in [-0.25, -0.2) is 0 Å². The molecular weight excluding hydrogens is 221 g/mol. The number of ether oxygens (including phenoxy) is 1. The molecule has 0 aromatic carbocycles. The maximum absolute atomic E-state index is 12.5. The van der Waals surface area contributed by atoms with E-state index in [1.807, 2.05) is 12.2 Å². The van der Waals surface area contributed by atoms with Gasteiger partial charge in [0.1, 0.15) is 0 Å². The third-order valence-electron chi connectivity index (χ3n) is 2.80. The van der Waals surface area contributed by atoms with Crippen LogP contribution in [0.1, 0.15) is 12.8 Å². The fourth-order valence-electron chi connectivity index (χ4n) is 2.03. The molecule has 0 bridgehead atoms. The Morgan fingerprint density at radius 1 is 1.31 bits per heavy atom. The second-order valence-electron chi connectivity index (χ2n) is 3.91. The van der Waals surface area contributed by atoms with Gasteiger partial charge in [0, 0.05) is 0 Å². The normalized spacial score (nSPS) is 22.8. The van der Waals surface area contributed by atoms with Crippen LogP contribution < -0.4 is 15.4 Å². The molecule has 6 heteroatoms. The third-order valence-corrected chi connectivity index (χ3v) is 2.80. The van der Waals surface area contributed by atoms with Gasteiger partial charge >= 0.3 is 6.18 Å². The standard InChI is InChI=1S/C10H9F3N2O/c11-10(12,13)8-5-15-7-4-2-1-3-6(7)14-9(15)16-8/h3-4,8H,1-2,5H2. The van der Waals surface area contributed by atoms with Gasteiger partial charge in [0.15, 0.2) is 0 Å². The summed E-state index contributed by atoms with van der Waals surface area (Å²) in [6, 6.07) is 0.0849. The second kappa shape index (κ2) is 3.02. The molecule has 0 saturated heterocycles. The number of imidazole rings is 1. The van der Waals surface area contributed by atoms with E-state index in [1.54, 1.807) is 0 Å². The Morgan fingerprint density at radius 3 is 2.81 bits per heavy atom. The van der Waals surface area contributed by atoms with Crippen molar-refractivity contribution in [3.05, 3.63) is 10.7 Å². The van der Waals surface area contributed by atoms with Gasteiger partial charge in [-0.2, -0.15) is 18.2 Å². The topological polar surface area (TPSA) is 27.1 Å². The molecule has 2 aliphatic rings. The lowest BCUT2D eigenvalue weighted by atomic mass is 10.2. The van der Waals surface area contributed by atoms with Crippen LogP contribution in [0.25, 0.3) is 12.2 Å². The first-order chi connectivity index (χ1) is 7.55. The first-order valence-electron chi connectivity index (χ1n) is 5.06. The molecule has 1 unspecified atom stereocenters. The van der Waals surface area contributed by atoms with Gasteiger partial charge in [0.2, 0.25) is 6.10 Å². The highest BCUT2D eigenvalue weighted by atomic mass is 19.4. The van der Waals surface area contributed by atoms with E-state index in [-0.39, 0.29) is 12.6 Å². The van der Waals surface area contributed by atoms with E-state index < -0.39 is 12.3 Å². The molecule has 1 aliphatic heterocycles. The largest absolute Gasteiger partial charge is 0.450 e. The summed E-state index contributed by atoms with van der Waals surface area (Å²) in [6.07, 6.45) is -0.524. The number of rotatable bonds is 0. The van der Waals surface area contributed by atoms with E-state index in [0.29, 0.717) is 0 Å². The van der Waals surface area contributed by atoms with E-state index in [9.17, 15) is 13.2 Å². The van der Waals surface area contributed by atoms with Crippen molar-refractivity contribution in [3.63, 3.8) is 0 Å². The number of fused-ring (bicyclic) bond motifs is 3. The summed E-state index contributed by atoms with van der Waals surface area (Å²) in [6.45, 7) is -0.189. The van der Waals surface area contributed by atoms with Crippen molar-refractivity contribution in [2.45, 2.75) is 31.7 Å². The van der Waals surface area contributed by atoms with Gasteiger partial charge in [-0.15, -0.1) is 0 Å². The van der Waals surface area contributed by atoms with Gasteiger partial charge in [-0.05, 0) is 12.8 Å². The molecule has 0 fully saturated rings. The van der Waals surface area contributed by atoms with Crippen molar-refractivity contribution in [1.29, 1.82) is 0 Å². The average Bonchev–Trinajstić information content (AvgIpc) is 2.72. The molecule has 0 saturated carbocycles. The Kier molecular flexibility index (Phi) is 1.84. The minimum Gasteiger partial charge on any atom is -0.450 e. The fourth-order valence-corrected chi connectivity index (χ4v) is 2.03. The van der Waals surface area contributed by atoms with Gasteiger partial charge in [-0.1, -0.05) is 12.2 Å². The summed E-state index contributed by atoms with van der Waals surface area (Å²) in [5.41, 5.74) is 0. The van der Waals surface area contributed by atoms with Crippen molar-refractivity contribution in [2.75, 3.05) is 0 Å². The Hall–Kier alpha value is -1.46. The van der Waals surface area contributed by atoms with Gasteiger partial charge in [0.05, 0.1) is 17.2 Å². The van der Waals surface area contributed by atoms with Crippen LogP contribution in [0.4, 0.5) is 13.2 Å². The number of alkyl halides is 3. The summed E-state index contributed by atoms with van der Waals surface area (Å²) < 4.78 is 43.7. The molecule has 1 aromatic heterocycles. The first kappa shape index (κ1) is 9.74. The van der Waals surface area contributed by atoms with Crippen LogP contribution in [0, 0.1) is 0 Å². The number of hydrogen-bond acceptors (Lipinski definition) is 2. The maximum atomic E-state index is 12.5. The summed E-state index contributed by atoms with van der Waals surface area (Å²) in [7, 11) is 0. The summed E-state index contributed by atoms with van der Waals surface area (Å²) in [5.74, 6) is 0. The minimum absolute atomic E-state index is 0.0849. The molecule has 16 heavy (non-hydrogen) atoms. The van der Waals surface area contributed by atoms with Crippen molar-refractivity contribution in [1.82, 2.24) is 9.55 Å². The predicted molar refractivity (Wildman–Crippen MR) is 50.1 cm³/mol. The molecule has 1 aliphatic carbocycles. The minimum atomic E-state index is -4.33. The quantitative estimate of drug-likeness (QED) is 0.651. The SMILES string of the molecule is FC(F)(F)C1Cn2c(nc3c2=CCCC=3)O1. The lowest BCUT2D eigenvalue weighted by molar-refractivity contribution is -0.191. The van der Waals surface area contributed by atoms with Crippen LogP contribution >= 0.6 is 0 Å². The van der Waals surface area contributed by atoms with Crippen LogP contribution in [0.15, 0.2) is 0 Å². The second-order valence-corrected chi connectivity index (χ2v) is 3.91. The molecule has 3 nitrogen and oxygen atoms in total. The Labute approximate surface area is 88.8 Å². The zero-order valence-corrected chi connectivity index (χ0v) is 8.29. The van der Waals surface area contributed by atoms with Gasteiger partial charge < -0.3 is 4.74 Å². The number of nitrogens with zero attached hydrogens (tertiary/aromatic N) is 2. The number of aromatic nitrogens is 2. The molecule has 0 radical (unpaired) electrons. The fraction of sp³-hybridized carbons (Fsp3) is 0.500. The molecule has 2 heterocycles. The smallest absolute Gasteiger partial charge is 0.427 e. The van der Waals surface area contributed by atoms with Gasteiger partial charge in [-0.3, -0.25) is 4.57 Å². The lowest BCUT2D eigenvalue weighted by Gasteiger charge is -2.12. The van der Waals surface area contributed by atoms with Crippen molar-refractivity contribution < 1.29 is 17.9 Å². The van der Waals surface area contributed by atoms with Crippen molar-refractivity contribution in [3.8, 4) is 6.01 Å². The number of hydrogen-bond donors (Lipinski definition) is 0. The Balaban J connectivity index is 2.05. The zero-order chi connectivity index (χ0) is 11.3. The Bertz CT molecular complexity index is 544.